The lowest BCUT2D eigenvalue weighted by Gasteiger charge is -1.96. The Morgan fingerprint density at radius 2 is 2.06 bits per heavy atom. The van der Waals surface area contributed by atoms with Gasteiger partial charge in [-0.15, -0.1) is 0 Å². The summed E-state index contributed by atoms with van der Waals surface area (Å²) in [6.07, 6.45) is 2.61. The van der Waals surface area contributed by atoms with Crippen molar-refractivity contribution < 1.29 is 0 Å². The molecular weight excluding hydrogens is 264 g/mol. The van der Waals surface area contributed by atoms with Gasteiger partial charge in [0, 0.05) is 17.3 Å². The van der Waals surface area contributed by atoms with E-state index in [2.05, 4.69) is 38.0 Å². The van der Waals surface area contributed by atoms with Gasteiger partial charge in [0.25, 0.3) is 0 Å². The van der Waals surface area contributed by atoms with Crippen LogP contribution in [-0.4, -0.2) is 15.5 Å². The van der Waals surface area contributed by atoms with Crippen LogP contribution in [0, 0.1) is 11.8 Å². The summed E-state index contributed by atoms with van der Waals surface area (Å²) in [6, 6.07) is 10.1. The fourth-order valence-corrected chi connectivity index (χ4v) is 1.61. The van der Waals surface area contributed by atoms with Gasteiger partial charge in [0.1, 0.15) is 0 Å². The average Bonchev–Trinajstić information content (AvgIpc) is 2.79. The molecule has 0 radical (unpaired) electrons. The SMILES string of the molecule is BrCCC#Cc1cn[nH]c1-c1ccccc1. The number of H-pyrrole nitrogens is 1. The van der Waals surface area contributed by atoms with Crippen molar-refractivity contribution in [2.75, 3.05) is 5.33 Å². The molecule has 3 heteroatoms. The topological polar surface area (TPSA) is 28.7 Å². The number of nitrogens with one attached hydrogen (secondary N) is 1. The molecular formula is C13H11BrN2. The molecule has 0 spiro atoms. The Kier molecular flexibility index (Phi) is 3.79. The normalized spacial score (nSPS) is 9.56. The Morgan fingerprint density at radius 1 is 1.25 bits per heavy atom. The van der Waals surface area contributed by atoms with E-state index in [1.807, 2.05) is 30.3 Å². The average molecular weight is 275 g/mol. The van der Waals surface area contributed by atoms with E-state index in [0.717, 1.165) is 28.6 Å². The van der Waals surface area contributed by atoms with E-state index in [9.17, 15) is 0 Å². The molecule has 0 amide bonds. The van der Waals surface area contributed by atoms with Crippen molar-refractivity contribution in [1.29, 1.82) is 0 Å². The number of aromatic nitrogens is 2. The fourth-order valence-electron chi connectivity index (χ4n) is 1.41. The molecule has 0 atom stereocenters. The van der Waals surface area contributed by atoms with Crippen molar-refractivity contribution in [3.8, 4) is 23.1 Å². The second-order valence-electron chi connectivity index (χ2n) is 3.27. The van der Waals surface area contributed by atoms with Gasteiger partial charge in [-0.05, 0) is 0 Å². The van der Waals surface area contributed by atoms with Crippen LogP contribution in [0.1, 0.15) is 12.0 Å². The zero-order chi connectivity index (χ0) is 11.2. The van der Waals surface area contributed by atoms with Crippen LogP contribution in [0.5, 0.6) is 0 Å². The van der Waals surface area contributed by atoms with Crippen LogP contribution in [0.25, 0.3) is 11.3 Å². The minimum absolute atomic E-state index is 0.847. The summed E-state index contributed by atoms with van der Waals surface area (Å²) in [5, 5.41) is 7.92. The third-order valence-corrected chi connectivity index (χ3v) is 2.54. The maximum absolute atomic E-state index is 4.04. The molecule has 0 aliphatic carbocycles. The lowest BCUT2D eigenvalue weighted by Crippen LogP contribution is -1.81. The fraction of sp³-hybridized carbons (Fsp3) is 0.154. The van der Waals surface area contributed by atoms with Gasteiger partial charge in [-0.3, -0.25) is 5.10 Å². The molecule has 0 saturated heterocycles. The predicted molar refractivity (Wildman–Crippen MR) is 69.3 cm³/mol. The molecule has 0 saturated carbocycles. The van der Waals surface area contributed by atoms with E-state index in [4.69, 9.17) is 0 Å². The summed E-state index contributed by atoms with van der Waals surface area (Å²) in [5.74, 6) is 6.21. The minimum atomic E-state index is 0.847. The number of benzene rings is 1. The molecule has 0 fully saturated rings. The third kappa shape index (κ3) is 2.53. The van der Waals surface area contributed by atoms with Gasteiger partial charge >= 0.3 is 0 Å². The highest BCUT2D eigenvalue weighted by molar-refractivity contribution is 9.09. The number of alkyl halides is 1. The number of nitrogens with zero attached hydrogens (tertiary/aromatic N) is 1. The molecule has 1 aromatic carbocycles. The van der Waals surface area contributed by atoms with E-state index in [1.165, 1.54) is 0 Å². The van der Waals surface area contributed by atoms with Crippen LogP contribution >= 0.6 is 15.9 Å². The van der Waals surface area contributed by atoms with Crippen LogP contribution < -0.4 is 0 Å². The van der Waals surface area contributed by atoms with Gasteiger partial charge in [-0.25, -0.2) is 0 Å². The Bertz CT molecular complexity index is 505. The Labute approximate surface area is 103 Å². The van der Waals surface area contributed by atoms with Gasteiger partial charge in [0.2, 0.25) is 0 Å². The first-order valence-electron chi connectivity index (χ1n) is 5.05. The van der Waals surface area contributed by atoms with Crippen molar-refractivity contribution in [3.63, 3.8) is 0 Å². The Balaban J connectivity index is 2.31. The lowest BCUT2D eigenvalue weighted by molar-refractivity contribution is 1.10. The second kappa shape index (κ2) is 5.53. The van der Waals surface area contributed by atoms with Crippen molar-refractivity contribution >= 4 is 15.9 Å². The van der Waals surface area contributed by atoms with E-state index < -0.39 is 0 Å². The largest absolute Gasteiger partial charge is 0.277 e. The zero-order valence-electron chi connectivity index (χ0n) is 8.70. The van der Waals surface area contributed by atoms with Crippen LogP contribution in [0.3, 0.4) is 0 Å². The molecule has 0 unspecified atom stereocenters. The Hall–Kier alpha value is -1.53. The summed E-state index contributed by atoms with van der Waals surface area (Å²) >= 11 is 3.35. The van der Waals surface area contributed by atoms with Gasteiger partial charge in [-0.1, -0.05) is 58.1 Å². The number of rotatable bonds is 2. The smallest absolute Gasteiger partial charge is 0.0806 e. The van der Waals surface area contributed by atoms with Crippen molar-refractivity contribution in [2.24, 2.45) is 0 Å². The monoisotopic (exact) mass is 274 g/mol. The number of aromatic amines is 1. The maximum atomic E-state index is 4.04. The number of halogens is 1. The highest BCUT2D eigenvalue weighted by Gasteiger charge is 2.03. The zero-order valence-corrected chi connectivity index (χ0v) is 10.3. The van der Waals surface area contributed by atoms with E-state index in [1.54, 1.807) is 6.20 Å². The molecule has 1 N–H and O–H groups in total. The van der Waals surface area contributed by atoms with E-state index in [0.29, 0.717) is 0 Å². The molecule has 1 heterocycles. The minimum Gasteiger partial charge on any atom is -0.277 e. The molecule has 0 aliphatic rings. The number of hydrogen-bond donors (Lipinski definition) is 1. The molecule has 16 heavy (non-hydrogen) atoms. The van der Waals surface area contributed by atoms with Gasteiger partial charge < -0.3 is 0 Å². The van der Waals surface area contributed by atoms with Crippen LogP contribution in [0.15, 0.2) is 36.5 Å². The summed E-state index contributed by atoms with van der Waals surface area (Å²) in [4.78, 5) is 0. The first kappa shape index (κ1) is 11.0. The molecule has 1 aromatic heterocycles. The second-order valence-corrected chi connectivity index (χ2v) is 4.06. The molecule has 2 rings (SSSR count). The summed E-state index contributed by atoms with van der Waals surface area (Å²) in [7, 11) is 0. The Morgan fingerprint density at radius 3 is 2.81 bits per heavy atom. The van der Waals surface area contributed by atoms with Crippen molar-refractivity contribution in [3.05, 3.63) is 42.1 Å². The molecule has 0 aliphatic heterocycles. The quantitative estimate of drug-likeness (QED) is 0.661. The molecule has 2 nitrogen and oxygen atoms in total. The maximum Gasteiger partial charge on any atom is 0.0806 e. The van der Waals surface area contributed by atoms with Crippen molar-refractivity contribution in [2.45, 2.75) is 6.42 Å². The first-order valence-corrected chi connectivity index (χ1v) is 6.17. The standard InChI is InChI=1S/C13H11BrN2/c14-9-5-4-8-12-10-15-16-13(12)11-6-2-1-3-7-11/h1-3,6-7,10H,5,9H2,(H,15,16). The van der Waals surface area contributed by atoms with Crippen LogP contribution in [0.4, 0.5) is 0 Å². The summed E-state index contributed by atoms with van der Waals surface area (Å²) in [6.45, 7) is 0. The first-order chi connectivity index (χ1) is 7.92. The predicted octanol–water partition coefficient (Wildman–Crippen LogP) is 3.21. The van der Waals surface area contributed by atoms with E-state index >= 15 is 0 Å². The van der Waals surface area contributed by atoms with Crippen LogP contribution in [-0.2, 0) is 0 Å². The molecule has 0 bridgehead atoms. The summed E-state index contributed by atoms with van der Waals surface area (Å²) in [5.41, 5.74) is 3.05. The number of hydrogen-bond acceptors (Lipinski definition) is 1. The van der Waals surface area contributed by atoms with E-state index in [-0.39, 0.29) is 0 Å². The lowest BCUT2D eigenvalue weighted by atomic mass is 10.1. The van der Waals surface area contributed by atoms with Gasteiger partial charge in [0.05, 0.1) is 17.5 Å². The summed E-state index contributed by atoms with van der Waals surface area (Å²) < 4.78 is 0. The van der Waals surface area contributed by atoms with Gasteiger partial charge in [0.15, 0.2) is 0 Å². The van der Waals surface area contributed by atoms with Crippen molar-refractivity contribution in [1.82, 2.24) is 10.2 Å². The highest BCUT2D eigenvalue weighted by Crippen LogP contribution is 2.19. The van der Waals surface area contributed by atoms with Crippen LogP contribution in [0.2, 0.25) is 0 Å². The molecule has 80 valence electrons. The molecule has 2 aromatic rings. The third-order valence-electron chi connectivity index (χ3n) is 2.14. The highest BCUT2D eigenvalue weighted by atomic mass is 79.9. The van der Waals surface area contributed by atoms with Gasteiger partial charge in [-0.2, -0.15) is 5.10 Å².